The van der Waals surface area contributed by atoms with Gasteiger partial charge in [-0.3, -0.25) is 9.88 Å². The summed E-state index contributed by atoms with van der Waals surface area (Å²) in [5.74, 6) is 0.564. The molecule has 17 heavy (non-hydrogen) atoms. The standard InChI is InChI=1S/C14H22N2O/c1-11(2)13-4-5-15-14(10-13)12(3)16-6-8-17-9-7-16/h4-5,10-12H,6-9H2,1-3H3. The monoisotopic (exact) mass is 234 g/mol. The normalized spacial score (nSPS) is 19.5. The third kappa shape index (κ3) is 3.05. The molecule has 0 amide bonds. The van der Waals surface area contributed by atoms with Gasteiger partial charge < -0.3 is 4.74 Å². The van der Waals surface area contributed by atoms with Crippen LogP contribution in [-0.4, -0.2) is 36.2 Å². The molecule has 0 N–H and O–H groups in total. The molecule has 1 aliphatic rings. The van der Waals surface area contributed by atoms with E-state index in [1.54, 1.807) is 0 Å². The highest BCUT2D eigenvalue weighted by molar-refractivity contribution is 5.21. The van der Waals surface area contributed by atoms with Crippen LogP contribution in [0.1, 0.15) is 44.0 Å². The average molecular weight is 234 g/mol. The van der Waals surface area contributed by atoms with Gasteiger partial charge in [0.2, 0.25) is 0 Å². The van der Waals surface area contributed by atoms with Crippen molar-refractivity contribution in [1.29, 1.82) is 0 Å². The number of nitrogens with zero attached hydrogens (tertiary/aromatic N) is 2. The van der Waals surface area contributed by atoms with Crippen LogP contribution in [0.5, 0.6) is 0 Å². The largest absolute Gasteiger partial charge is 0.379 e. The van der Waals surface area contributed by atoms with E-state index in [9.17, 15) is 0 Å². The summed E-state index contributed by atoms with van der Waals surface area (Å²) in [6.45, 7) is 10.4. The number of hydrogen-bond acceptors (Lipinski definition) is 3. The minimum atomic E-state index is 0.387. The average Bonchev–Trinajstić information content (AvgIpc) is 2.39. The molecule has 0 spiro atoms. The van der Waals surface area contributed by atoms with Crippen LogP contribution in [-0.2, 0) is 4.74 Å². The fourth-order valence-electron chi connectivity index (χ4n) is 2.20. The lowest BCUT2D eigenvalue weighted by molar-refractivity contribution is 0.0190. The highest BCUT2D eigenvalue weighted by atomic mass is 16.5. The van der Waals surface area contributed by atoms with Gasteiger partial charge in [-0.05, 0) is 30.5 Å². The maximum atomic E-state index is 5.39. The first-order valence-corrected chi connectivity index (χ1v) is 6.46. The Morgan fingerprint density at radius 2 is 1.94 bits per heavy atom. The van der Waals surface area contributed by atoms with E-state index in [0.29, 0.717) is 12.0 Å². The van der Waals surface area contributed by atoms with Gasteiger partial charge in [-0.25, -0.2) is 0 Å². The Kier molecular flexibility index (Phi) is 4.13. The molecule has 0 saturated carbocycles. The number of rotatable bonds is 3. The molecule has 0 radical (unpaired) electrons. The molecule has 3 nitrogen and oxygen atoms in total. The maximum absolute atomic E-state index is 5.39. The van der Waals surface area contributed by atoms with Crippen molar-refractivity contribution in [2.45, 2.75) is 32.7 Å². The van der Waals surface area contributed by atoms with Crippen molar-refractivity contribution in [3.8, 4) is 0 Å². The highest BCUT2D eigenvalue weighted by Gasteiger charge is 2.19. The van der Waals surface area contributed by atoms with E-state index >= 15 is 0 Å². The zero-order valence-electron chi connectivity index (χ0n) is 11.0. The second kappa shape index (κ2) is 5.61. The molecule has 1 fully saturated rings. The minimum absolute atomic E-state index is 0.387. The first-order chi connectivity index (χ1) is 8.18. The molecular weight excluding hydrogens is 212 g/mol. The Hall–Kier alpha value is -0.930. The first-order valence-electron chi connectivity index (χ1n) is 6.46. The molecule has 1 unspecified atom stereocenters. The molecule has 94 valence electrons. The van der Waals surface area contributed by atoms with Crippen LogP contribution in [0.25, 0.3) is 0 Å². The fourth-order valence-corrected chi connectivity index (χ4v) is 2.20. The highest BCUT2D eigenvalue weighted by Crippen LogP contribution is 2.22. The summed E-state index contributed by atoms with van der Waals surface area (Å²) >= 11 is 0. The summed E-state index contributed by atoms with van der Waals surface area (Å²) in [5.41, 5.74) is 2.55. The molecule has 1 atom stereocenters. The summed E-state index contributed by atoms with van der Waals surface area (Å²) in [6, 6.07) is 4.74. The van der Waals surface area contributed by atoms with Crippen molar-refractivity contribution < 1.29 is 4.74 Å². The molecule has 3 heteroatoms. The second-order valence-corrected chi connectivity index (χ2v) is 4.99. The van der Waals surface area contributed by atoms with Gasteiger partial charge in [0.15, 0.2) is 0 Å². The Bertz CT molecular complexity index is 359. The molecule has 2 heterocycles. The van der Waals surface area contributed by atoms with Gasteiger partial charge in [-0.15, -0.1) is 0 Å². The molecular formula is C14H22N2O. The molecule has 0 aliphatic carbocycles. The number of hydrogen-bond donors (Lipinski definition) is 0. The lowest BCUT2D eigenvalue weighted by atomic mass is 10.0. The van der Waals surface area contributed by atoms with E-state index in [0.717, 1.165) is 26.3 Å². The Balaban J connectivity index is 2.12. The van der Waals surface area contributed by atoms with Crippen molar-refractivity contribution >= 4 is 0 Å². The quantitative estimate of drug-likeness (QED) is 0.804. The third-order valence-corrected chi connectivity index (χ3v) is 3.49. The summed E-state index contributed by atoms with van der Waals surface area (Å²) in [6.07, 6.45) is 1.93. The van der Waals surface area contributed by atoms with Crippen molar-refractivity contribution in [2.75, 3.05) is 26.3 Å². The van der Waals surface area contributed by atoms with Crippen LogP contribution in [0.4, 0.5) is 0 Å². The molecule has 1 aromatic rings. The van der Waals surface area contributed by atoms with Gasteiger partial charge in [0.25, 0.3) is 0 Å². The van der Waals surface area contributed by atoms with E-state index < -0.39 is 0 Å². The van der Waals surface area contributed by atoms with Crippen molar-refractivity contribution in [3.63, 3.8) is 0 Å². The van der Waals surface area contributed by atoms with E-state index in [-0.39, 0.29) is 0 Å². The zero-order chi connectivity index (χ0) is 12.3. The summed E-state index contributed by atoms with van der Waals surface area (Å²) < 4.78 is 5.39. The number of morpholine rings is 1. The lowest BCUT2D eigenvalue weighted by Crippen LogP contribution is -2.38. The summed E-state index contributed by atoms with van der Waals surface area (Å²) in [7, 11) is 0. The number of aromatic nitrogens is 1. The summed E-state index contributed by atoms with van der Waals surface area (Å²) in [5, 5.41) is 0. The maximum Gasteiger partial charge on any atom is 0.0594 e. The van der Waals surface area contributed by atoms with Crippen molar-refractivity contribution in [3.05, 3.63) is 29.6 Å². The van der Waals surface area contributed by atoms with Crippen LogP contribution < -0.4 is 0 Å². The Labute approximate surface area is 104 Å². The predicted octanol–water partition coefficient (Wildman–Crippen LogP) is 2.60. The molecule has 0 aromatic carbocycles. The van der Waals surface area contributed by atoms with Gasteiger partial charge in [-0.2, -0.15) is 0 Å². The van der Waals surface area contributed by atoms with E-state index in [2.05, 4.69) is 42.8 Å². The van der Waals surface area contributed by atoms with E-state index in [1.165, 1.54) is 11.3 Å². The van der Waals surface area contributed by atoms with Gasteiger partial charge >= 0.3 is 0 Å². The van der Waals surface area contributed by atoms with Gasteiger partial charge in [0.1, 0.15) is 0 Å². The molecule has 1 saturated heterocycles. The molecule has 1 aliphatic heterocycles. The molecule has 1 aromatic heterocycles. The zero-order valence-corrected chi connectivity index (χ0v) is 11.0. The van der Waals surface area contributed by atoms with Gasteiger partial charge in [0.05, 0.1) is 18.9 Å². The van der Waals surface area contributed by atoms with Crippen LogP contribution in [0.3, 0.4) is 0 Å². The van der Waals surface area contributed by atoms with Gasteiger partial charge in [-0.1, -0.05) is 13.8 Å². The summed E-state index contributed by atoms with van der Waals surface area (Å²) in [4.78, 5) is 6.95. The molecule has 0 bridgehead atoms. The fraction of sp³-hybridized carbons (Fsp3) is 0.643. The van der Waals surface area contributed by atoms with Crippen LogP contribution in [0, 0.1) is 0 Å². The Morgan fingerprint density at radius 1 is 1.24 bits per heavy atom. The van der Waals surface area contributed by atoms with Crippen molar-refractivity contribution in [2.24, 2.45) is 0 Å². The smallest absolute Gasteiger partial charge is 0.0594 e. The first kappa shape index (κ1) is 12.5. The predicted molar refractivity (Wildman–Crippen MR) is 69.1 cm³/mol. The number of ether oxygens (including phenoxy) is 1. The topological polar surface area (TPSA) is 25.4 Å². The lowest BCUT2D eigenvalue weighted by Gasteiger charge is -2.32. The van der Waals surface area contributed by atoms with Crippen LogP contribution >= 0.6 is 0 Å². The minimum Gasteiger partial charge on any atom is -0.379 e. The SMILES string of the molecule is CC(C)c1ccnc(C(C)N2CCOCC2)c1. The van der Waals surface area contributed by atoms with Crippen LogP contribution in [0.2, 0.25) is 0 Å². The molecule has 2 rings (SSSR count). The third-order valence-electron chi connectivity index (χ3n) is 3.49. The van der Waals surface area contributed by atoms with E-state index in [4.69, 9.17) is 4.74 Å². The van der Waals surface area contributed by atoms with Gasteiger partial charge in [0, 0.05) is 25.3 Å². The number of pyridine rings is 1. The van der Waals surface area contributed by atoms with E-state index in [1.807, 2.05) is 6.20 Å². The van der Waals surface area contributed by atoms with Crippen molar-refractivity contribution in [1.82, 2.24) is 9.88 Å². The van der Waals surface area contributed by atoms with Crippen LogP contribution in [0.15, 0.2) is 18.3 Å². The second-order valence-electron chi connectivity index (χ2n) is 4.99. The Morgan fingerprint density at radius 3 is 2.59 bits per heavy atom.